The Morgan fingerprint density at radius 1 is 1.27 bits per heavy atom. The summed E-state index contributed by atoms with van der Waals surface area (Å²) in [5.41, 5.74) is 1.94. The molecule has 0 spiro atoms. The van der Waals surface area contributed by atoms with Gasteiger partial charge in [-0.25, -0.2) is 4.39 Å². The lowest BCUT2D eigenvalue weighted by atomic mass is 10.2. The number of anilines is 1. The molecule has 0 bridgehead atoms. The van der Waals surface area contributed by atoms with Crippen LogP contribution in [-0.2, 0) is 11.3 Å². The summed E-state index contributed by atoms with van der Waals surface area (Å²) in [6.07, 6.45) is 0.0593. The van der Waals surface area contributed by atoms with Crippen molar-refractivity contribution in [2.75, 3.05) is 31.6 Å². The van der Waals surface area contributed by atoms with Gasteiger partial charge in [-0.15, -0.1) is 0 Å². The molecule has 4 nitrogen and oxygen atoms in total. The topological polar surface area (TPSA) is 36.5 Å². The molecule has 2 aromatic carbocycles. The Balaban J connectivity index is 1.44. The summed E-state index contributed by atoms with van der Waals surface area (Å²) < 4.78 is 19.0. The normalized spacial score (nSPS) is 17.7. The van der Waals surface area contributed by atoms with Gasteiger partial charge in [0.1, 0.15) is 5.82 Å². The number of hydrogen-bond donors (Lipinski definition) is 2. The second-order valence-corrected chi connectivity index (χ2v) is 6.99. The van der Waals surface area contributed by atoms with Crippen molar-refractivity contribution in [3.63, 3.8) is 0 Å². The van der Waals surface area contributed by atoms with Crippen LogP contribution in [0.15, 0.2) is 48.5 Å². The molecular weight excluding hydrogens is 373 g/mol. The molecule has 138 valence electrons. The smallest absolute Gasteiger partial charge is 0.170 e. The monoisotopic (exact) mass is 393 g/mol. The van der Waals surface area contributed by atoms with Crippen LogP contribution < -0.4 is 10.6 Å². The Labute approximate surface area is 163 Å². The van der Waals surface area contributed by atoms with E-state index in [1.807, 2.05) is 6.07 Å². The Bertz CT molecular complexity index is 747. The first-order valence-corrected chi connectivity index (χ1v) is 9.26. The Morgan fingerprint density at radius 2 is 2.08 bits per heavy atom. The van der Waals surface area contributed by atoms with Crippen molar-refractivity contribution in [2.24, 2.45) is 0 Å². The highest BCUT2D eigenvalue weighted by Gasteiger charge is 2.20. The molecule has 0 saturated carbocycles. The zero-order valence-electron chi connectivity index (χ0n) is 14.3. The molecule has 1 fully saturated rings. The van der Waals surface area contributed by atoms with Crippen molar-refractivity contribution in [3.8, 4) is 0 Å². The number of ether oxygens (including phenoxy) is 1. The van der Waals surface area contributed by atoms with Crippen LogP contribution in [0.25, 0.3) is 0 Å². The fraction of sp³-hybridized carbons (Fsp3) is 0.316. The van der Waals surface area contributed by atoms with E-state index in [-0.39, 0.29) is 11.1 Å². The van der Waals surface area contributed by atoms with Crippen molar-refractivity contribution in [2.45, 2.75) is 12.6 Å². The van der Waals surface area contributed by atoms with Crippen molar-refractivity contribution in [1.82, 2.24) is 10.2 Å². The summed E-state index contributed by atoms with van der Waals surface area (Å²) in [5, 5.41) is 6.67. The van der Waals surface area contributed by atoms with Gasteiger partial charge in [0, 0.05) is 31.9 Å². The van der Waals surface area contributed by atoms with Gasteiger partial charge in [-0.3, -0.25) is 4.90 Å². The fourth-order valence-corrected chi connectivity index (χ4v) is 3.23. The van der Waals surface area contributed by atoms with Crippen LogP contribution >= 0.6 is 23.8 Å². The summed E-state index contributed by atoms with van der Waals surface area (Å²) in [4.78, 5) is 2.38. The molecular formula is C19H21ClFN3OS. The minimum atomic E-state index is -0.454. The van der Waals surface area contributed by atoms with Gasteiger partial charge in [0.15, 0.2) is 5.11 Å². The van der Waals surface area contributed by atoms with Gasteiger partial charge in [-0.1, -0.05) is 41.9 Å². The van der Waals surface area contributed by atoms with E-state index in [2.05, 4.69) is 39.8 Å². The Kier molecular flexibility index (Phi) is 6.80. The number of nitrogens with zero attached hydrogens (tertiary/aromatic N) is 1. The summed E-state index contributed by atoms with van der Waals surface area (Å²) in [6.45, 7) is 3.98. The molecule has 1 atom stereocenters. The molecule has 1 aliphatic heterocycles. The van der Waals surface area contributed by atoms with Gasteiger partial charge >= 0.3 is 0 Å². The number of morpholine rings is 1. The SMILES string of the molecule is Fc1ccc(NC(=S)NC[C@@H]2CN(Cc3ccccc3)CCO2)cc1Cl. The molecule has 2 aromatic rings. The lowest BCUT2D eigenvalue weighted by molar-refractivity contribution is -0.0279. The lowest BCUT2D eigenvalue weighted by Gasteiger charge is -2.33. The van der Waals surface area contributed by atoms with E-state index in [1.165, 1.54) is 17.7 Å². The maximum atomic E-state index is 13.2. The van der Waals surface area contributed by atoms with E-state index >= 15 is 0 Å². The van der Waals surface area contributed by atoms with E-state index in [0.29, 0.717) is 24.0 Å². The number of nitrogens with one attached hydrogen (secondary N) is 2. The molecule has 0 amide bonds. The summed E-state index contributed by atoms with van der Waals surface area (Å²) in [7, 11) is 0. The van der Waals surface area contributed by atoms with E-state index < -0.39 is 5.82 Å². The maximum Gasteiger partial charge on any atom is 0.170 e. The fourth-order valence-electron chi connectivity index (χ4n) is 2.84. The molecule has 1 aliphatic rings. The van der Waals surface area contributed by atoms with Crippen LogP contribution in [0.5, 0.6) is 0 Å². The third-order valence-corrected chi connectivity index (χ3v) is 4.68. The van der Waals surface area contributed by atoms with Gasteiger partial charge in [-0.05, 0) is 36.0 Å². The summed E-state index contributed by atoms with van der Waals surface area (Å²) in [6, 6.07) is 14.8. The van der Waals surface area contributed by atoms with E-state index in [4.69, 9.17) is 28.6 Å². The lowest BCUT2D eigenvalue weighted by Crippen LogP contribution is -2.47. The van der Waals surface area contributed by atoms with Crippen molar-refractivity contribution < 1.29 is 9.13 Å². The van der Waals surface area contributed by atoms with Crippen LogP contribution in [0.3, 0.4) is 0 Å². The average molecular weight is 394 g/mol. The predicted octanol–water partition coefficient (Wildman–Crippen LogP) is 3.67. The van der Waals surface area contributed by atoms with Crippen molar-refractivity contribution in [1.29, 1.82) is 0 Å². The van der Waals surface area contributed by atoms with E-state index in [1.54, 1.807) is 6.07 Å². The second-order valence-electron chi connectivity index (χ2n) is 6.18. The molecule has 1 heterocycles. The number of benzene rings is 2. The van der Waals surface area contributed by atoms with Gasteiger partial charge in [0.25, 0.3) is 0 Å². The third-order valence-electron chi connectivity index (χ3n) is 4.14. The van der Waals surface area contributed by atoms with Crippen molar-refractivity contribution in [3.05, 3.63) is 64.9 Å². The van der Waals surface area contributed by atoms with Crippen molar-refractivity contribution >= 4 is 34.6 Å². The quantitative estimate of drug-likeness (QED) is 0.758. The van der Waals surface area contributed by atoms with Crippen LogP contribution in [0.1, 0.15) is 5.56 Å². The highest BCUT2D eigenvalue weighted by Crippen LogP contribution is 2.19. The molecule has 1 saturated heterocycles. The third kappa shape index (κ3) is 5.64. The number of halogens is 2. The minimum Gasteiger partial charge on any atom is -0.374 e. The molecule has 7 heteroatoms. The summed E-state index contributed by atoms with van der Waals surface area (Å²) in [5.74, 6) is -0.454. The van der Waals surface area contributed by atoms with Gasteiger partial charge in [-0.2, -0.15) is 0 Å². The number of rotatable bonds is 5. The first-order chi connectivity index (χ1) is 12.6. The van der Waals surface area contributed by atoms with Gasteiger partial charge in [0.2, 0.25) is 0 Å². The number of hydrogen-bond acceptors (Lipinski definition) is 3. The highest BCUT2D eigenvalue weighted by molar-refractivity contribution is 7.80. The first kappa shape index (κ1) is 19.0. The van der Waals surface area contributed by atoms with Crippen LogP contribution in [0.4, 0.5) is 10.1 Å². The van der Waals surface area contributed by atoms with Gasteiger partial charge < -0.3 is 15.4 Å². The molecule has 0 aliphatic carbocycles. The minimum absolute atomic E-state index is 0.0593. The molecule has 0 unspecified atom stereocenters. The van der Waals surface area contributed by atoms with Crippen LogP contribution in [0, 0.1) is 5.82 Å². The molecule has 0 radical (unpaired) electrons. The predicted molar refractivity (Wildman–Crippen MR) is 107 cm³/mol. The van der Waals surface area contributed by atoms with Crippen LogP contribution in [0.2, 0.25) is 5.02 Å². The largest absolute Gasteiger partial charge is 0.374 e. The average Bonchev–Trinajstić information content (AvgIpc) is 2.64. The van der Waals surface area contributed by atoms with Crippen LogP contribution in [-0.4, -0.2) is 42.4 Å². The standard InChI is InChI=1S/C19H21ClFN3OS/c20-17-10-15(6-7-18(17)21)23-19(26)22-11-16-13-24(8-9-25-16)12-14-4-2-1-3-5-14/h1-7,10,16H,8-9,11-13H2,(H2,22,23,26)/t16-/m1/s1. The molecule has 26 heavy (non-hydrogen) atoms. The van der Waals surface area contributed by atoms with E-state index in [9.17, 15) is 4.39 Å². The number of thiocarbonyl (C=S) groups is 1. The highest BCUT2D eigenvalue weighted by atomic mass is 35.5. The summed E-state index contributed by atoms with van der Waals surface area (Å²) >= 11 is 11.1. The first-order valence-electron chi connectivity index (χ1n) is 8.48. The second kappa shape index (κ2) is 9.28. The Hall–Kier alpha value is -1.73. The molecule has 3 rings (SSSR count). The van der Waals surface area contributed by atoms with Gasteiger partial charge in [0.05, 0.1) is 17.7 Å². The molecule has 2 N–H and O–H groups in total. The van der Waals surface area contributed by atoms with E-state index in [0.717, 1.165) is 19.6 Å². The molecule has 0 aromatic heterocycles. The Morgan fingerprint density at radius 3 is 2.85 bits per heavy atom. The maximum absolute atomic E-state index is 13.2. The zero-order valence-corrected chi connectivity index (χ0v) is 15.8. The zero-order chi connectivity index (χ0) is 18.4.